The molecule has 1 fully saturated rings. The van der Waals surface area contributed by atoms with E-state index in [4.69, 9.17) is 9.52 Å². The molecule has 0 aromatic carbocycles. The number of aromatic carboxylic acids is 1. The van der Waals surface area contributed by atoms with Gasteiger partial charge in [-0.1, -0.05) is 13.8 Å². The maximum absolute atomic E-state index is 11.8. The number of carbonyl (C=O) groups is 2. The van der Waals surface area contributed by atoms with E-state index in [0.29, 0.717) is 36.9 Å². The Hall–Kier alpha value is -1.78. The van der Waals surface area contributed by atoms with Crippen LogP contribution in [0.1, 0.15) is 36.4 Å². The van der Waals surface area contributed by atoms with Gasteiger partial charge in [0.2, 0.25) is 11.7 Å². The van der Waals surface area contributed by atoms with Crippen molar-refractivity contribution in [3.8, 4) is 0 Å². The Balaban J connectivity index is 2.08. The van der Waals surface area contributed by atoms with Gasteiger partial charge in [-0.25, -0.2) is 4.79 Å². The Morgan fingerprint density at radius 2 is 2.33 bits per heavy atom. The van der Waals surface area contributed by atoms with Crippen LogP contribution in [0, 0.1) is 11.8 Å². The molecule has 5 heteroatoms. The normalized spacial score (nSPS) is 19.8. The molecule has 1 saturated heterocycles. The lowest BCUT2D eigenvalue weighted by atomic mass is 9.95. The first kappa shape index (κ1) is 12.7. The summed E-state index contributed by atoms with van der Waals surface area (Å²) in [5, 5.41) is 8.94. The predicted molar refractivity (Wildman–Crippen MR) is 64.0 cm³/mol. The molecule has 1 aromatic heterocycles. The summed E-state index contributed by atoms with van der Waals surface area (Å²) in [6, 6.07) is 1.61. The highest BCUT2D eigenvalue weighted by molar-refractivity contribution is 5.86. The third kappa shape index (κ3) is 2.39. The molecule has 1 aliphatic heterocycles. The molecule has 1 N–H and O–H groups in total. The van der Waals surface area contributed by atoms with Gasteiger partial charge < -0.3 is 14.4 Å². The summed E-state index contributed by atoms with van der Waals surface area (Å²) in [6.45, 7) is 5.21. The van der Waals surface area contributed by atoms with Crippen molar-refractivity contribution in [1.82, 2.24) is 4.90 Å². The van der Waals surface area contributed by atoms with E-state index in [2.05, 4.69) is 13.8 Å². The topological polar surface area (TPSA) is 70.8 Å². The molecule has 1 amide bonds. The Kier molecular flexibility index (Phi) is 3.41. The summed E-state index contributed by atoms with van der Waals surface area (Å²) in [7, 11) is 0. The van der Waals surface area contributed by atoms with Gasteiger partial charge in [0, 0.05) is 25.1 Å². The first-order chi connectivity index (χ1) is 8.49. The average molecular weight is 251 g/mol. The van der Waals surface area contributed by atoms with Gasteiger partial charge in [0.05, 0.1) is 6.26 Å². The highest BCUT2D eigenvalue weighted by atomic mass is 16.4. The van der Waals surface area contributed by atoms with E-state index >= 15 is 0 Å². The summed E-state index contributed by atoms with van der Waals surface area (Å²) in [6.07, 6.45) is 1.90. The van der Waals surface area contributed by atoms with Crippen LogP contribution >= 0.6 is 0 Å². The molecular weight excluding hydrogens is 234 g/mol. The first-order valence-electron chi connectivity index (χ1n) is 6.06. The number of carbonyl (C=O) groups excluding carboxylic acids is 1. The number of rotatable bonds is 4. The van der Waals surface area contributed by atoms with Crippen molar-refractivity contribution in [3.63, 3.8) is 0 Å². The van der Waals surface area contributed by atoms with Crippen LogP contribution in [0.3, 0.4) is 0 Å². The van der Waals surface area contributed by atoms with E-state index < -0.39 is 5.97 Å². The first-order valence-corrected chi connectivity index (χ1v) is 6.06. The van der Waals surface area contributed by atoms with Crippen molar-refractivity contribution in [3.05, 3.63) is 23.7 Å². The zero-order valence-electron chi connectivity index (χ0n) is 10.5. The number of amides is 1. The number of carboxylic acid groups (broad SMARTS) is 1. The average Bonchev–Trinajstić information content (AvgIpc) is 2.87. The molecule has 0 saturated carbocycles. The molecule has 1 aromatic rings. The molecule has 2 rings (SSSR count). The zero-order valence-corrected chi connectivity index (χ0v) is 10.5. The van der Waals surface area contributed by atoms with Gasteiger partial charge in [-0.2, -0.15) is 0 Å². The number of likely N-dealkylation sites (tertiary alicyclic amines) is 1. The third-order valence-corrected chi connectivity index (χ3v) is 3.49. The molecule has 0 spiro atoms. The monoisotopic (exact) mass is 251 g/mol. The number of nitrogens with zero attached hydrogens (tertiary/aromatic N) is 1. The van der Waals surface area contributed by atoms with E-state index in [1.807, 2.05) is 0 Å². The Morgan fingerprint density at radius 3 is 2.89 bits per heavy atom. The van der Waals surface area contributed by atoms with Crippen LogP contribution in [0.15, 0.2) is 16.7 Å². The van der Waals surface area contributed by atoms with Gasteiger partial charge in [-0.15, -0.1) is 0 Å². The lowest BCUT2D eigenvalue weighted by Gasteiger charge is -2.17. The van der Waals surface area contributed by atoms with Gasteiger partial charge in [-0.05, 0) is 17.9 Å². The third-order valence-electron chi connectivity index (χ3n) is 3.49. The lowest BCUT2D eigenvalue weighted by Crippen LogP contribution is -2.25. The van der Waals surface area contributed by atoms with Crippen LogP contribution in [0.2, 0.25) is 0 Å². The number of carboxylic acids is 1. The van der Waals surface area contributed by atoms with E-state index in [-0.39, 0.29) is 11.7 Å². The van der Waals surface area contributed by atoms with Crippen LogP contribution in [-0.4, -0.2) is 28.4 Å². The van der Waals surface area contributed by atoms with Gasteiger partial charge in [0.1, 0.15) is 0 Å². The van der Waals surface area contributed by atoms with Gasteiger partial charge in [0.15, 0.2) is 0 Å². The molecule has 2 heterocycles. The summed E-state index contributed by atoms with van der Waals surface area (Å²) >= 11 is 0. The highest BCUT2D eigenvalue weighted by Crippen LogP contribution is 2.26. The second kappa shape index (κ2) is 4.84. The minimum atomic E-state index is -1.10. The van der Waals surface area contributed by atoms with Crippen molar-refractivity contribution in [2.45, 2.75) is 26.8 Å². The molecule has 0 bridgehead atoms. The fourth-order valence-electron chi connectivity index (χ4n) is 2.26. The SMILES string of the molecule is CC(C)C1CC(=O)N(Cc2ccoc2C(=O)O)C1. The molecule has 0 aliphatic carbocycles. The van der Waals surface area contributed by atoms with Crippen LogP contribution in [0.5, 0.6) is 0 Å². The quantitative estimate of drug-likeness (QED) is 0.888. The molecule has 1 aliphatic rings. The largest absolute Gasteiger partial charge is 0.475 e. The summed E-state index contributed by atoms with van der Waals surface area (Å²) in [4.78, 5) is 24.5. The highest BCUT2D eigenvalue weighted by Gasteiger charge is 2.32. The smallest absolute Gasteiger partial charge is 0.372 e. The van der Waals surface area contributed by atoms with Crippen LogP contribution in [0.25, 0.3) is 0 Å². The zero-order chi connectivity index (χ0) is 13.3. The maximum Gasteiger partial charge on any atom is 0.372 e. The molecular formula is C13H17NO4. The van der Waals surface area contributed by atoms with Crippen molar-refractivity contribution in [2.75, 3.05) is 6.54 Å². The van der Waals surface area contributed by atoms with Crippen LogP contribution in [0.4, 0.5) is 0 Å². The Morgan fingerprint density at radius 1 is 1.61 bits per heavy atom. The molecule has 98 valence electrons. The molecule has 1 atom stereocenters. The van der Waals surface area contributed by atoms with Gasteiger partial charge >= 0.3 is 5.97 Å². The minimum absolute atomic E-state index is 0.0733. The van der Waals surface area contributed by atoms with Crippen molar-refractivity contribution in [2.24, 2.45) is 11.8 Å². The fourth-order valence-corrected chi connectivity index (χ4v) is 2.26. The van der Waals surface area contributed by atoms with E-state index in [1.165, 1.54) is 6.26 Å². The van der Waals surface area contributed by atoms with Crippen molar-refractivity contribution < 1.29 is 19.1 Å². The van der Waals surface area contributed by atoms with E-state index in [1.54, 1.807) is 11.0 Å². The van der Waals surface area contributed by atoms with E-state index in [0.717, 1.165) is 0 Å². The van der Waals surface area contributed by atoms with Gasteiger partial charge in [-0.3, -0.25) is 4.79 Å². The molecule has 1 unspecified atom stereocenters. The molecule has 0 radical (unpaired) electrons. The molecule has 5 nitrogen and oxygen atoms in total. The number of hydrogen-bond donors (Lipinski definition) is 1. The van der Waals surface area contributed by atoms with E-state index in [9.17, 15) is 9.59 Å². The van der Waals surface area contributed by atoms with Crippen LogP contribution in [-0.2, 0) is 11.3 Å². The second-order valence-corrected chi connectivity index (χ2v) is 5.06. The lowest BCUT2D eigenvalue weighted by molar-refractivity contribution is -0.128. The summed E-state index contributed by atoms with van der Waals surface area (Å²) in [5.41, 5.74) is 0.556. The Bertz CT molecular complexity index is 463. The standard InChI is InChI=1S/C13H17NO4/c1-8(2)10-5-11(15)14(7-10)6-9-3-4-18-12(9)13(16)17/h3-4,8,10H,5-7H2,1-2H3,(H,16,17). The Labute approximate surface area is 105 Å². The molecule has 18 heavy (non-hydrogen) atoms. The van der Waals surface area contributed by atoms with Crippen molar-refractivity contribution in [1.29, 1.82) is 0 Å². The predicted octanol–water partition coefficient (Wildman–Crippen LogP) is 1.98. The summed E-state index contributed by atoms with van der Waals surface area (Å²) < 4.78 is 4.91. The van der Waals surface area contributed by atoms with Crippen LogP contribution < -0.4 is 0 Å². The summed E-state index contributed by atoms with van der Waals surface area (Å²) in [5.74, 6) is -0.260. The number of hydrogen-bond acceptors (Lipinski definition) is 3. The second-order valence-electron chi connectivity index (χ2n) is 5.06. The fraction of sp³-hybridized carbons (Fsp3) is 0.538. The number of furan rings is 1. The van der Waals surface area contributed by atoms with Crippen molar-refractivity contribution >= 4 is 11.9 Å². The maximum atomic E-state index is 11.8. The van der Waals surface area contributed by atoms with Gasteiger partial charge in [0.25, 0.3) is 0 Å². The minimum Gasteiger partial charge on any atom is -0.475 e.